The van der Waals surface area contributed by atoms with Crippen LogP contribution in [-0.2, 0) is 16.8 Å². The maximum Gasteiger partial charge on any atom is 0.106 e. The van der Waals surface area contributed by atoms with Crippen LogP contribution in [0, 0.1) is 0 Å². The molecular formula is C13H15ClN4OS. The molecule has 0 aromatic carbocycles. The smallest absolute Gasteiger partial charge is 0.106 e. The SMILES string of the molecule is Clc1cc2c(s1)[C@@]1(CCN[C@H](c3c[nH]nn3)C1)OCC2. The predicted molar refractivity (Wildman–Crippen MR) is 77.0 cm³/mol. The number of nitrogens with zero attached hydrogens (tertiary/aromatic N) is 2. The van der Waals surface area contributed by atoms with Crippen molar-refractivity contribution in [3.63, 3.8) is 0 Å². The van der Waals surface area contributed by atoms with E-state index in [1.165, 1.54) is 10.4 Å². The van der Waals surface area contributed by atoms with Crippen molar-refractivity contribution < 1.29 is 4.74 Å². The van der Waals surface area contributed by atoms with Crippen LogP contribution in [0.25, 0.3) is 0 Å². The Morgan fingerprint density at radius 1 is 1.50 bits per heavy atom. The van der Waals surface area contributed by atoms with Gasteiger partial charge in [0.1, 0.15) is 5.60 Å². The Morgan fingerprint density at radius 2 is 2.45 bits per heavy atom. The Hall–Kier alpha value is -0.950. The van der Waals surface area contributed by atoms with Crippen LogP contribution in [0.1, 0.15) is 35.0 Å². The molecule has 0 amide bonds. The van der Waals surface area contributed by atoms with Crippen LogP contribution in [0.5, 0.6) is 0 Å². The molecular weight excluding hydrogens is 296 g/mol. The van der Waals surface area contributed by atoms with Crippen LogP contribution in [-0.4, -0.2) is 28.6 Å². The highest BCUT2D eigenvalue weighted by molar-refractivity contribution is 7.16. The Kier molecular flexibility index (Phi) is 3.07. The van der Waals surface area contributed by atoms with Crippen LogP contribution in [0.15, 0.2) is 12.3 Å². The topological polar surface area (TPSA) is 62.8 Å². The maximum absolute atomic E-state index is 6.23. The van der Waals surface area contributed by atoms with Crippen molar-refractivity contribution in [2.24, 2.45) is 0 Å². The van der Waals surface area contributed by atoms with Crippen LogP contribution in [0.2, 0.25) is 4.34 Å². The zero-order chi connectivity index (χ0) is 13.6. The standard InChI is InChI=1S/C13H15ClN4OS/c14-11-5-8-1-4-19-13(12(8)20-11)2-3-15-9(6-13)10-7-16-18-17-10/h5,7,9,15H,1-4,6H2,(H,16,17,18)/t9-,13-/m0/s1. The summed E-state index contributed by atoms with van der Waals surface area (Å²) in [6, 6.07) is 2.27. The Morgan fingerprint density at radius 3 is 3.30 bits per heavy atom. The van der Waals surface area contributed by atoms with Crippen molar-refractivity contribution in [2.75, 3.05) is 13.2 Å². The lowest BCUT2D eigenvalue weighted by atomic mass is 9.82. The Labute approximate surface area is 125 Å². The molecule has 2 aliphatic rings. The van der Waals surface area contributed by atoms with E-state index in [4.69, 9.17) is 16.3 Å². The fourth-order valence-corrected chi connectivity index (χ4v) is 4.75. The number of nitrogens with one attached hydrogen (secondary N) is 2. The lowest BCUT2D eigenvalue weighted by Gasteiger charge is -2.43. The summed E-state index contributed by atoms with van der Waals surface area (Å²) in [5.41, 5.74) is 2.09. The van der Waals surface area contributed by atoms with Gasteiger partial charge in [0, 0.05) is 17.5 Å². The molecule has 4 heterocycles. The van der Waals surface area contributed by atoms with Crippen molar-refractivity contribution in [1.29, 1.82) is 0 Å². The van der Waals surface area contributed by atoms with E-state index in [0.29, 0.717) is 0 Å². The molecule has 5 nitrogen and oxygen atoms in total. The molecule has 2 N–H and O–H groups in total. The summed E-state index contributed by atoms with van der Waals surface area (Å²) < 4.78 is 7.09. The number of rotatable bonds is 1. The number of aromatic amines is 1. The van der Waals surface area contributed by atoms with Gasteiger partial charge in [0.05, 0.1) is 22.7 Å². The number of H-pyrrole nitrogens is 1. The van der Waals surface area contributed by atoms with Gasteiger partial charge in [-0.25, -0.2) is 0 Å². The lowest BCUT2D eigenvalue weighted by Crippen LogP contribution is -2.45. The highest BCUT2D eigenvalue weighted by Gasteiger charge is 2.44. The first-order valence-electron chi connectivity index (χ1n) is 6.79. The normalized spacial score (nSPS) is 29.6. The van der Waals surface area contributed by atoms with E-state index in [0.717, 1.165) is 42.4 Å². The molecule has 2 aliphatic heterocycles. The summed E-state index contributed by atoms with van der Waals surface area (Å²) in [4.78, 5) is 1.31. The zero-order valence-corrected chi connectivity index (χ0v) is 12.4. The molecule has 1 saturated heterocycles. The van der Waals surface area contributed by atoms with Gasteiger partial charge in [0.15, 0.2) is 0 Å². The Bertz CT molecular complexity index is 614. The average molecular weight is 311 g/mol. The van der Waals surface area contributed by atoms with Crippen molar-refractivity contribution in [1.82, 2.24) is 20.7 Å². The molecule has 7 heteroatoms. The van der Waals surface area contributed by atoms with Gasteiger partial charge in [0.2, 0.25) is 0 Å². The third-order valence-electron chi connectivity index (χ3n) is 4.19. The molecule has 1 spiro atoms. The van der Waals surface area contributed by atoms with E-state index >= 15 is 0 Å². The van der Waals surface area contributed by atoms with Crippen LogP contribution in [0.3, 0.4) is 0 Å². The van der Waals surface area contributed by atoms with Gasteiger partial charge in [-0.1, -0.05) is 16.8 Å². The minimum Gasteiger partial charge on any atom is -0.369 e. The quantitative estimate of drug-likeness (QED) is 0.849. The summed E-state index contributed by atoms with van der Waals surface area (Å²) in [5.74, 6) is 0. The molecule has 0 unspecified atom stereocenters. The minimum atomic E-state index is -0.208. The van der Waals surface area contributed by atoms with Gasteiger partial charge < -0.3 is 10.1 Å². The molecule has 0 aliphatic carbocycles. The molecule has 106 valence electrons. The third-order valence-corrected chi connectivity index (χ3v) is 5.68. The number of hydrogen-bond acceptors (Lipinski definition) is 5. The van der Waals surface area contributed by atoms with Crippen molar-refractivity contribution >= 4 is 22.9 Å². The van der Waals surface area contributed by atoms with E-state index < -0.39 is 0 Å². The van der Waals surface area contributed by atoms with Gasteiger partial charge in [-0.3, -0.25) is 5.10 Å². The second-order valence-corrected chi connectivity index (χ2v) is 7.04. The van der Waals surface area contributed by atoms with Crippen molar-refractivity contribution in [3.05, 3.63) is 32.7 Å². The van der Waals surface area contributed by atoms with E-state index in [9.17, 15) is 0 Å². The monoisotopic (exact) mass is 310 g/mol. The van der Waals surface area contributed by atoms with Crippen LogP contribution in [0.4, 0.5) is 0 Å². The fourth-order valence-electron chi connectivity index (χ4n) is 3.27. The second-order valence-electron chi connectivity index (χ2n) is 5.36. The first kappa shape index (κ1) is 12.8. The number of aromatic nitrogens is 3. The number of fused-ring (bicyclic) bond motifs is 2. The highest BCUT2D eigenvalue weighted by Crippen LogP contribution is 2.48. The van der Waals surface area contributed by atoms with E-state index in [1.54, 1.807) is 11.3 Å². The van der Waals surface area contributed by atoms with E-state index in [-0.39, 0.29) is 11.6 Å². The molecule has 4 rings (SSSR count). The van der Waals surface area contributed by atoms with Crippen LogP contribution < -0.4 is 5.32 Å². The van der Waals surface area contributed by atoms with Gasteiger partial charge in [-0.05, 0) is 31.0 Å². The van der Waals surface area contributed by atoms with Crippen LogP contribution >= 0.6 is 22.9 Å². The van der Waals surface area contributed by atoms with Gasteiger partial charge in [-0.15, -0.1) is 16.4 Å². The first-order chi connectivity index (χ1) is 9.77. The number of ether oxygens (including phenoxy) is 1. The van der Waals surface area contributed by atoms with Gasteiger partial charge >= 0.3 is 0 Å². The summed E-state index contributed by atoms with van der Waals surface area (Å²) in [7, 11) is 0. The number of halogens is 1. The number of piperidine rings is 1. The third kappa shape index (κ3) is 1.98. The maximum atomic E-state index is 6.23. The van der Waals surface area contributed by atoms with Gasteiger partial charge in [0.25, 0.3) is 0 Å². The summed E-state index contributed by atoms with van der Waals surface area (Å²) in [6.07, 6.45) is 4.67. The summed E-state index contributed by atoms with van der Waals surface area (Å²) in [5, 5.41) is 14.2. The molecule has 2 atom stereocenters. The highest BCUT2D eigenvalue weighted by atomic mass is 35.5. The lowest BCUT2D eigenvalue weighted by molar-refractivity contribution is -0.0871. The minimum absolute atomic E-state index is 0.175. The van der Waals surface area contributed by atoms with E-state index in [1.807, 2.05) is 6.20 Å². The molecule has 0 saturated carbocycles. The average Bonchev–Trinajstić information content (AvgIpc) is 3.08. The predicted octanol–water partition coefficient (Wildman–Crippen LogP) is 2.41. The summed E-state index contributed by atoms with van der Waals surface area (Å²) >= 11 is 7.87. The largest absolute Gasteiger partial charge is 0.369 e. The van der Waals surface area contributed by atoms with Crippen molar-refractivity contribution in [2.45, 2.75) is 30.9 Å². The first-order valence-corrected chi connectivity index (χ1v) is 7.99. The molecule has 20 heavy (non-hydrogen) atoms. The van der Waals surface area contributed by atoms with Gasteiger partial charge in [-0.2, -0.15) is 0 Å². The second kappa shape index (κ2) is 4.80. The fraction of sp³-hybridized carbons (Fsp3) is 0.538. The summed E-state index contributed by atoms with van der Waals surface area (Å²) in [6.45, 7) is 1.68. The van der Waals surface area contributed by atoms with E-state index in [2.05, 4.69) is 26.8 Å². The number of thiophene rings is 1. The molecule has 2 aromatic rings. The van der Waals surface area contributed by atoms with Crippen molar-refractivity contribution in [3.8, 4) is 0 Å². The number of hydrogen-bond donors (Lipinski definition) is 2. The molecule has 0 radical (unpaired) electrons. The zero-order valence-electron chi connectivity index (χ0n) is 10.9. The Balaban J connectivity index is 1.70. The molecule has 0 bridgehead atoms. The molecule has 1 fully saturated rings. The molecule has 2 aromatic heterocycles.